The second-order valence-electron chi connectivity index (χ2n) is 5.43. The van der Waals surface area contributed by atoms with Gasteiger partial charge in [-0.1, -0.05) is 12.1 Å². The van der Waals surface area contributed by atoms with E-state index in [2.05, 4.69) is 0 Å². The summed E-state index contributed by atoms with van der Waals surface area (Å²) in [6.45, 7) is 0. The molecule has 0 saturated carbocycles. The van der Waals surface area contributed by atoms with Crippen LogP contribution in [-0.2, 0) is 0 Å². The van der Waals surface area contributed by atoms with Crippen molar-refractivity contribution < 1.29 is 23.3 Å². The number of halogens is 1. The van der Waals surface area contributed by atoms with Crippen molar-refractivity contribution in [2.24, 2.45) is 0 Å². The van der Waals surface area contributed by atoms with Crippen LogP contribution in [0.1, 0.15) is 0 Å². The predicted molar refractivity (Wildman–Crippen MR) is 101 cm³/mol. The molecule has 0 amide bonds. The smallest absolute Gasteiger partial charge is 0.203 e. The van der Waals surface area contributed by atoms with Crippen LogP contribution < -0.4 is 18.9 Å². The molecule has 0 unspecified atom stereocenters. The van der Waals surface area contributed by atoms with E-state index in [9.17, 15) is 4.39 Å². The Balaban J connectivity index is 2.18. The van der Waals surface area contributed by atoms with Crippen molar-refractivity contribution in [2.45, 2.75) is 0 Å². The predicted octanol–water partition coefficient (Wildman–Crippen LogP) is 5.26. The largest absolute Gasteiger partial charge is 0.494 e. The number of ether oxygens (including phenoxy) is 4. The molecule has 0 aliphatic carbocycles. The number of hydrogen-bond acceptors (Lipinski definition) is 5. The Morgan fingerprint density at radius 2 is 1.35 bits per heavy atom. The van der Waals surface area contributed by atoms with E-state index in [-0.39, 0.29) is 11.6 Å². The summed E-state index contributed by atoms with van der Waals surface area (Å²) < 4.78 is 36.1. The van der Waals surface area contributed by atoms with Gasteiger partial charge in [0.1, 0.15) is 0 Å². The molecule has 0 aliphatic rings. The van der Waals surface area contributed by atoms with E-state index < -0.39 is 0 Å². The summed E-state index contributed by atoms with van der Waals surface area (Å²) in [5.74, 6) is 1.44. The van der Waals surface area contributed by atoms with Crippen LogP contribution in [0, 0.1) is 5.82 Å². The Kier molecular flexibility index (Phi) is 5.32. The standard InChI is InChI=1S/C20H19FO4S/c1-22-16-7-5-6-13(19(16)21)15-11-26-10-14(15)12-8-17(23-2)20(25-4)18(9-12)24-3/h5-11H,1-4H3. The van der Waals surface area contributed by atoms with E-state index in [1.807, 2.05) is 22.9 Å². The zero-order valence-electron chi connectivity index (χ0n) is 15.0. The highest BCUT2D eigenvalue weighted by atomic mass is 32.1. The van der Waals surface area contributed by atoms with E-state index in [1.54, 1.807) is 39.5 Å². The average molecular weight is 374 g/mol. The SMILES string of the molecule is COc1cccc(-c2cscc2-c2cc(OC)c(OC)c(OC)c2)c1F. The topological polar surface area (TPSA) is 36.9 Å². The van der Waals surface area contributed by atoms with Crippen molar-refractivity contribution in [1.29, 1.82) is 0 Å². The lowest BCUT2D eigenvalue weighted by molar-refractivity contribution is 0.324. The number of thiophene rings is 1. The van der Waals surface area contributed by atoms with Crippen molar-refractivity contribution in [3.05, 3.63) is 46.9 Å². The molecule has 1 heterocycles. The van der Waals surface area contributed by atoms with Gasteiger partial charge < -0.3 is 18.9 Å². The molecule has 26 heavy (non-hydrogen) atoms. The van der Waals surface area contributed by atoms with Gasteiger partial charge in [-0.3, -0.25) is 0 Å². The first-order valence-corrected chi connectivity index (χ1v) is 8.78. The van der Waals surface area contributed by atoms with Crippen molar-refractivity contribution >= 4 is 11.3 Å². The molecular weight excluding hydrogens is 355 g/mol. The second kappa shape index (κ2) is 7.66. The van der Waals surface area contributed by atoms with Gasteiger partial charge in [-0.15, -0.1) is 0 Å². The lowest BCUT2D eigenvalue weighted by Crippen LogP contribution is -1.96. The second-order valence-corrected chi connectivity index (χ2v) is 6.18. The van der Waals surface area contributed by atoms with Crippen LogP contribution in [0.25, 0.3) is 22.3 Å². The minimum Gasteiger partial charge on any atom is -0.494 e. The molecule has 3 aromatic rings. The van der Waals surface area contributed by atoms with Gasteiger partial charge >= 0.3 is 0 Å². The molecule has 0 atom stereocenters. The third-order valence-electron chi connectivity index (χ3n) is 4.11. The van der Waals surface area contributed by atoms with E-state index in [4.69, 9.17) is 18.9 Å². The lowest BCUT2D eigenvalue weighted by Gasteiger charge is -2.15. The van der Waals surface area contributed by atoms with Gasteiger partial charge in [0.05, 0.1) is 28.4 Å². The van der Waals surface area contributed by atoms with E-state index in [1.165, 1.54) is 18.4 Å². The summed E-state index contributed by atoms with van der Waals surface area (Å²) in [4.78, 5) is 0. The molecule has 136 valence electrons. The zero-order valence-corrected chi connectivity index (χ0v) is 15.8. The quantitative estimate of drug-likeness (QED) is 0.590. The summed E-state index contributed by atoms with van der Waals surface area (Å²) >= 11 is 1.49. The Morgan fingerprint density at radius 1 is 0.731 bits per heavy atom. The summed E-state index contributed by atoms with van der Waals surface area (Å²) in [5, 5.41) is 3.88. The van der Waals surface area contributed by atoms with Gasteiger partial charge in [-0.05, 0) is 34.5 Å². The number of methoxy groups -OCH3 is 4. The minimum atomic E-state index is -0.387. The van der Waals surface area contributed by atoms with Gasteiger partial charge in [0.15, 0.2) is 23.1 Å². The summed E-state index contributed by atoms with van der Waals surface area (Å²) in [6.07, 6.45) is 0. The van der Waals surface area contributed by atoms with Crippen molar-refractivity contribution in [3.8, 4) is 45.3 Å². The molecule has 0 N–H and O–H groups in total. The van der Waals surface area contributed by atoms with E-state index in [0.29, 0.717) is 22.8 Å². The molecule has 0 fully saturated rings. The van der Waals surface area contributed by atoms with Crippen LogP contribution >= 0.6 is 11.3 Å². The van der Waals surface area contributed by atoms with Crippen LogP contribution in [0.4, 0.5) is 4.39 Å². The van der Waals surface area contributed by atoms with Crippen LogP contribution in [0.2, 0.25) is 0 Å². The fraction of sp³-hybridized carbons (Fsp3) is 0.200. The van der Waals surface area contributed by atoms with Crippen LogP contribution in [0.15, 0.2) is 41.1 Å². The number of benzene rings is 2. The Bertz CT molecular complexity index is 895. The number of hydrogen-bond donors (Lipinski definition) is 0. The Morgan fingerprint density at radius 3 is 1.92 bits per heavy atom. The molecule has 0 bridgehead atoms. The molecule has 0 aliphatic heterocycles. The third-order valence-corrected chi connectivity index (χ3v) is 4.85. The van der Waals surface area contributed by atoms with Gasteiger partial charge in [0.25, 0.3) is 0 Å². The minimum absolute atomic E-state index is 0.213. The summed E-state index contributed by atoms with van der Waals surface area (Å²) in [7, 11) is 6.15. The molecular formula is C20H19FO4S. The average Bonchev–Trinajstić information content (AvgIpc) is 3.16. The van der Waals surface area contributed by atoms with Gasteiger partial charge in [-0.25, -0.2) is 4.39 Å². The zero-order chi connectivity index (χ0) is 18.7. The highest BCUT2D eigenvalue weighted by Crippen LogP contribution is 2.45. The molecule has 6 heteroatoms. The summed E-state index contributed by atoms with van der Waals surface area (Å²) in [6, 6.07) is 8.82. The highest BCUT2D eigenvalue weighted by Gasteiger charge is 2.19. The van der Waals surface area contributed by atoms with Crippen molar-refractivity contribution in [2.75, 3.05) is 28.4 Å². The van der Waals surface area contributed by atoms with Crippen molar-refractivity contribution in [1.82, 2.24) is 0 Å². The molecule has 0 spiro atoms. The Labute approximate surface area is 155 Å². The van der Waals surface area contributed by atoms with Crippen LogP contribution in [-0.4, -0.2) is 28.4 Å². The maximum atomic E-state index is 14.8. The molecule has 0 radical (unpaired) electrons. The van der Waals surface area contributed by atoms with Gasteiger partial charge in [0, 0.05) is 16.7 Å². The van der Waals surface area contributed by atoms with E-state index >= 15 is 0 Å². The first-order chi connectivity index (χ1) is 12.6. The first kappa shape index (κ1) is 18.1. The lowest BCUT2D eigenvalue weighted by atomic mass is 9.98. The third kappa shape index (κ3) is 3.08. The molecule has 0 saturated heterocycles. The summed E-state index contributed by atoms with van der Waals surface area (Å²) in [5.41, 5.74) is 2.98. The van der Waals surface area contributed by atoms with Crippen molar-refractivity contribution in [3.63, 3.8) is 0 Å². The first-order valence-electron chi connectivity index (χ1n) is 7.84. The number of rotatable bonds is 6. The molecule has 1 aromatic heterocycles. The van der Waals surface area contributed by atoms with Crippen LogP contribution in [0.3, 0.4) is 0 Å². The fourth-order valence-electron chi connectivity index (χ4n) is 2.84. The van der Waals surface area contributed by atoms with Gasteiger partial charge in [-0.2, -0.15) is 11.3 Å². The van der Waals surface area contributed by atoms with Gasteiger partial charge in [0.2, 0.25) is 5.75 Å². The maximum Gasteiger partial charge on any atom is 0.203 e. The maximum absolute atomic E-state index is 14.8. The highest BCUT2D eigenvalue weighted by molar-refractivity contribution is 7.08. The molecule has 3 rings (SSSR count). The monoisotopic (exact) mass is 374 g/mol. The fourth-order valence-corrected chi connectivity index (χ4v) is 3.70. The van der Waals surface area contributed by atoms with E-state index in [0.717, 1.165) is 16.7 Å². The van der Waals surface area contributed by atoms with Crippen LogP contribution in [0.5, 0.6) is 23.0 Å². The Hall–Kier alpha value is -2.73. The normalized spacial score (nSPS) is 10.5. The molecule has 2 aromatic carbocycles. The molecule has 4 nitrogen and oxygen atoms in total.